The second-order valence-electron chi connectivity index (χ2n) is 12.0. The van der Waals surface area contributed by atoms with Crippen LogP contribution >= 0.6 is 0 Å². The Balaban J connectivity index is 1.09. The summed E-state index contributed by atoms with van der Waals surface area (Å²) < 4.78 is 6.82. The summed E-state index contributed by atoms with van der Waals surface area (Å²) in [6.45, 7) is 7.16. The average Bonchev–Trinajstić information content (AvgIpc) is 3.63. The lowest BCUT2D eigenvalue weighted by Gasteiger charge is -2.51. The average molecular weight is 539 g/mol. The number of anilines is 1. The Morgan fingerprint density at radius 2 is 1.90 bits per heavy atom. The summed E-state index contributed by atoms with van der Waals surface area (Å²) in [5.74, 6) is 0.102. The minimum Gasteiger partial charge on any atom is -0.385 e. The number of aliphatic imine (C=N–C) groups is 1. The van der Waals surface area contributed by atoms with Crippen molar-refractivity contribution >= 4 is 17.8 Å². The van der Waals surface area contributed by atoms with Crippen LogP contribution in [-0.4, -0.2) is 62.1 Å². The van der Waals surface area contributed by atoms with E-state index in [0.29, 0.717) is 0 Å². The molecule has 0 amide bonds. The molecule has 4 aliphatic heterocycles. The predicted molar refractivity (Wildman–Crippen MR) is 157 cm³/mol. The van der Waals surface area contributed by atoms with Gasteiger partial charge in [-0.1, -0.05) is 30.3 Å². The van der Waals surface area contributed by atoms with E-state index in [2.05, 4.69) is 59.5 Å². The number of carbonyl (C=O) groups is 1. The van der Waals surface area contributed by atoms with Crippen LogP contribution < -0.4 is 10.4 Å². The first-order chi connectivity index (χ1) is 19.4. The molecular formula is C33H38N4O3. The number of fused-ring (bicyclic) bond motifs is 3. The fourth-order valence-electron chi connectivity index (χ4n) is 7.33. The van der Waals surface area contributed by atoms with Crippen LogP contribution in [0.4, 0.5) is 5.69 Å². The summed E-state index contributed by atoms with van der Waals surface area (Å²) in [5.41, 5.74) is 9.29. The van der Waals surface area contributed by atoms with E-state index < -0.39 is 6.10 Å². The van der Waals surface area contributed by atoms with E-state index in [1.807, 2.05) is 25.1 Å². The highest BCUT2D eigenvalue weighted by Gasteiger charge is 2.52. The van der Waals surface area contributed by atoms with Gasteiger partial charge in [-0.3, -0.25) is 4.79 Å². The Hall–Kier alpha value is -3.26. The SMILES string of the molecule is Cc1cc(N2C=NC(C)O2)ccc1-c1ccc(C(=O)C2CCC3=CC4=C(CCN4)C4(CCN(C)CC4)C3O2)cc1. The molecule has 208 valence electrons. The van der Waals surface area contributed by atoms with Crippen LogP contribution in [-0.2, 0) is 9.57 Å². The fourth-order valence-corrected chi connectivity index (χ4v) is 7.33. The maximum absolute atomic E-state index is 13.7. The van der Waals surface area contributed by atoms with E-state index in [-0.39, 0.29) is 23.5 Å². The van der Waals surface area contributed by atoms with Crippen LogP contribution in [0.5, 0.6) is 0 Å². The minimum absolute atomic E-state index is 0.00982. The highest BCUT2D eigenvalue weighted by molar-refractivity contribution is 6.00. The smallest absolute Gasteiger partial charge is 0.191 e. The van der Waals surface area contributed by atoms with E-state index in [1.165, 1.54) is 16.8 Å². The second-order valence-corrected chi connectivity index (χ2v) is 12.0. The Morgan fingerprint density at radius 3 is 2.62 bits per heavy atom. The van der Waals surface area contributed by atoms with Gasteiger partial charge in [0.2, 0.25) is 0 Å². The number of benzene rings is 2. The molecule has 1 N–H and O–H groups in total. The van der Waals surface area contributed by atoms with Gasteiger partial charge in [-0.25, -0.2) is 14.9 Å². The summed E-state index contributed by atoms with van der Waals surface area (Å²) >= 11 is 0. The molecule has 3 unspecified atom stereocenters. The van der Waals surface area contributed by atoms with Crippen molar-refractivity contribution in [3.05, 3.63) is 76.5 Å². The van der Waals surface area contributed by atoms with Gasteiger partial charge in [0.15, 0.2) is 12.0 Å². The maximum atomic E-state index is 13.7. The summed E-state index contributed by atoms with van der Waals surface area (Å²) in [4.78, 5) is 26.1. The molecule has 3 atom stereocenters. The quantitative estimate of drug-likeness (QED) is 0.525. The first kappa shape index (κ1) is 25.7. The maximum Gasteiger partial charge on any atom is 0.191 e. The molecule has 1 aliphatic carbocycles. The molecule has 0 aromatic heterocycles. The van der Waals surface area contributed by atoms with Gasteiger partial charge in [0.25, 0.3) is 0 Å². The zero-order valence-electron chi connectivity index (χ0n) is 23.7. The Kier molecular flexibility index (Phi) is 6.41. The molecule has 0 bridgehead atoms. The number of hydroxylamine groups is 1. The third-order valence-electron chi connectivity index (χ3n) is 9.54. The molecule has 7 nitrogen and oxygen atoms in total. The number of nitrogens with one attached hydrogen (secondary N) is 1. The number of Topliss-reactive ketones (excluding diaryl/α,β-unsaturated/α-hetero) is 1. The van der Waals surface area contributed by atoms with Crippen LogP contribution in [0.3, 0.4) is 0 Å². The number of hydrogen-bond donors (Lipinski definition) is 1. The molecule has 1 spiro atoms. The Labute approximate surface area is 236 Å². The van der Waals surface area contributed by atoms with Gasteiger partial charge in [0.05, 0.1) is 11.8 Å². The van der Waals surface area contributed by atoms with Gasteiger partial charge in [-0.05, 0) is 112 Å². The Morgan fingerprint density at radius 1 is 1.10 bits per heavy atom. The van der Waals surface area contributed by atoms with E-state index in [9.17, 15) is 4.79 Å². The van der Waals surface area contributed by atoms with E-state index >= 15 is 0 Å². The number of ether oxygens (including phenoxy) is 1. The third kappa shape index (κ3) is 4.31. The molecule has 40 heavy (non-hydrogen) atoms. The topological polar surface area (TPSA) is 66.4 Å². The molecule has 2 fully saturated rings. The molecule has 5 aliphatic rings. The van der Waals surface area contributed by atoms with E-state index in [4.69, 9.17) is 9.57 Å². The Bertz CT molecular complexity index is 1420. The fraction of sp³-hybridized carbons (Fsp3) is 0.455. The van der Waals surface area contributed by atoms with Crippen molar-refractivity contribution in [2.45, 2.75) is 64.4 Å². The van der Waals surface area contributed by atoms with Crippen molar-refractivity contribution < 1.29 is 14.4 Å². The van der Waals surface area contributed by atoms with Crippen LogP contribution in [0.1, 0.15) is 54.9 Å². The van der Waals surface area contributed by atoms with Gasteiger partial charge in [-0.15, -0.1) is 0 Å². The monoisotopic (exact) mass is 538 g/mol. The molecule has 2 aromatic carbocycles. The summed E-state index contributed by atoms with van der Waals surface area (Å²) in [7, 11) is 2.21. The van der Waals surface area contributed by atoms with Crippen LogP contribution in [0.2, 0.25) is 0 Å². The van der Waals surface area contributed by atoms with E-state index in [0.717, 1.165) is 79.7 Å². The standard InChI is InChI=1S/C33H38N4O3/c1-21-18-26(37-20-35-22(2)40-37)9-10-27(21)23-4-6-24(7-5-23)31(38)30-11-8-25-19-29-28(12-15-34-29)33(32(25)39-30)13-16-36(3)17-14-33/h4-7,9-10,18-20,22,30,32,34H,8,11-17H2,1-3H3. The van der Waals surface area contributed by atoms with E-state index in [1.54, 1.807) is 11.4 Å². The molecule has 7 heteroatoms. The van der Waals surface area contributed by atoms with Gasteiger partial charge in [-0.2, -0.15) is 0 Å². The van der Waals surface area contributed by atoms with Crippen molar-refractivity contribution in [1.82, 2.24) is 10.2 Å². The van der Waals surface area contributed by atoms with Crippen molar-refractivity contribution in [1.29, 1.82) is 0 Å². The predicted octanol–water partition coefficient (Wildman–Crippen LogP) is 5.42. The number of ketones is 1. The first-order valence-electron chi connectivity index (χ1n) is 14.7. The largest absolute Gasteiger partial charge is 0.385 e. The highest BCUT2D eigenvalue weighted by atomic mass is 16.7. The first-order valence-corrected chi connectivity index (χ1v) is 14.7. The lowest BCUT2D eigenvalue weighted by molar-refractivity contribution is -0.0767. The molecule has 0 saturated carbocycles. The van der Waals surface area contributed by atoms with Gasteiger partial charge < -0.3 is 15.0 Å². The van der Waals surface area contributed by atoms with Crippen molar-refractivity contribution in [2.24, 2.45) is 10.4 Å². The minimum atomic E-state index is -0.397. The van der Waals surface area contributed by atoms with Gasteiger partial charge >= 0.3 is 0 Å². The number of allylic oxidation sites excluding steroid dienone is 1. The van der Waals surface area contributed by atoms with Crippen LogP contribution in [0.15, 0.2) is 70.4 Å². The van der Waals surface area contributed by atoms with Crippen molar-refractivity contribution in [3.8, 4) is 11.1 Å². The summed E-state index contributed by atoms with van der Waals surface area (Å²) in [5, 5.41) is 5.33. The third-order valence-corrected chi connectivity index (χ3v) is 9.54. The van der Waals surface area contributed by atoms with Crippen molar-refractivity contribution in [2.75, 3.05) is 31.7 Å². The lowest BCUT2D eigenvalue weighted by atomic mass is 9.62. The summed E-state index contributed by atoms with van der Waals surface area (Å²) in [6.07, 6.45) is 8.43. The molecule has 2 saturated heterocycles. The van der Waals surface area contributed by atoms with Crippen LogP contribution in [0, 0.1) is 12.3 Å². The zero-order valence-corrected chi connectivity index (χ0v) is 23.7. The zero-order chi connectivity index (χ0) is 27.4. The van der Waals surface area contributed by atoms with Crippen LogP contribution in [0.25, 0.3) is 11.1 Å². The summed E-state index contributed by atoms with van der Waals surface area (Å²) in [6, 6.07) is 14.3. The normalized spacial score (nSPS) is 27.4. The molecule has 7 rings (SSSR count). The number of piperidine rings is 1. The number of nitrogens with zero attached hydrogens (tertiary/aromatic N) is 3. The number of aryl methyl sites for hydroxylation is 1. The molecule has 2 aromatic rings. The lowest BCUT2D eigenvalue weighted by Crippen LogP contribution is -2.52. The van der Waals surface area contributed by atoms with Crippen molar-refractivity contribution in [3.63, 3.8) is 0 Å². The number of carbonyl (C=O) groups excluding carboxylic acids is 1. The molecule has 0 radical (unpaired) electrons. The number of hydrogen-bond acceptors (Lipinski definition) is 7. The van der Waals surface area contributed by atoms with Gasteiger partial charge in [0, 0.05) is 23.2 Å². The van der Waals surface area contributed by atoms with Gasteiger partial charge in [0.1, 0.15) is 12.4 Å². The number of rotatable bonds is 4. The molecule has 4 heterocycles. The second kappa shape index (κ2) is 9.98. The molecular weight excluding hydrogens is 500 g/mol. The highest BCUT2D eigenvalue weighted by Crippen LogP contribution is 2.54. The number of likely N-dealkylation sites (tertiary alicyclic amines) is 1.